The topological polar surface area (TPSA) is 48.2 Å². The Morgan fingerprint density at radius 1 is 1.20 bits per heavy atom. The first-order valence-electron chi connectivity index (χ1n) is 10.2. The summed E-state index contributed by atoms with van der Waals surface area (Å²) >= 11 is 6.53. The molecular weight excluding hydrogens is 413 g/mol. The maximum Gasteiger partial charge on any atom is 0.435 e. The molecule has 4 nitrogen and oxygen atoms in total. The predicted molar refractivity (Wildman–Crippen MR) is 112 cm³/mol. The van der Waals surface area contributed by atoms with Crippen LogP contribution in [-0.2, 0) is 12.6 Å². The molecule has 3 aromatic rings. The Labute approximate surface area is 178 Å². The molecule has 1 aliphatic rings. The van der Waals surface area contributed by atoms with Gasteiger partial charge < -0.3 is 5.73 Å². The Balaban J connectivity index is 1.89. The van der Waals surface area contributed by atoms with Crippen LogP contribution in [0.4, 0.5) is 13.2 Å². The van der Waals surface area contributed by atoms with Crippen LogP contribution in [0.2, 0.25) is 5.15 Å². The zero-order valence-electron chi connectivity index (χ0n) is 17.4. The van der Waals surface area contributed by atoms with Crippen LogP contribution in [0.1, 0.15) is 47.3 Å². The first kappa shape index (κ1) is 21.2. The van der Waals surface area contributed by atoms with Crippen LogP contribution in [0.25, 0.3) is 11.5 Å². The Kier molecular flexibility index (Phi) is 5.39. The molecule has 8 heteroatoms. The van der Waals surface area contributed by atoms with Gasteiger partial charge in [-0.3, -0.25) is 8.97 Å². The summed E-state index contributed by atoms with van der Waals surface area (Å²) in [4.78, 5) is 4.04. The fraction of sp³-hybridized carbons (Fsp3) is 0.500. The number of hydrogen-bond donors (Lipinski definition) is 1. The van der Waals surface area contributed by atoms with Crippen molar-refractivity contribution in [2.24, 2.45) is 17.6 Å². The lowest BCUT2D eigenvalue weighted by molar-refractivity contribution is -0.141. The predicted octanol–water partition coefficient (Wildman–Crippen LogP) is 5.64. The van der Waals surface area contributed by atoms with Crippen LogP contribution >= 0.6 is 11.6 Å². The molecule has 1 saturated carbocycles. The summed E-state index contributed by atoms with van der Waals surface area (Å²) in [5.41, 5.74) is 8.90. The maximum absolute atomic E-state index is 13.9. The van der Waals surface area contributed by atoms with Crippen LogP contribution in [0.3, 0.4) is 0 Å². The van der Waals surface area contributed by atoms with E-state index in [0.717, 1.165) is 41.6 Å². The highest BCUT2D eigenvalue weighted by Crippen LogP contribution is 2.39. The van der Waals surface area contributed by atoms with E-state index in [1.165, 1.54) is 10.6 Å². The van der Waals surface area contributed by atoms with Crippen molar-refractivity contribution in [1.82, 2.24) is 14.0 Å². The molecule has 30 heavy (non-hydrogen) atoms. The highest BCUT2D eigenvalue weighted by molar-refractivity contribution is 6.30. The number of aromatic nitrogens is 3. The summed E-state index contributed by atoms with van der Waals surface area (Å²) in [6, 6.07) is 3.98. The molecule has 0 spiro atoms. The van der Waals surface area contributed by atoms with Gasteiger partial charge in [-0.05, 0) is 63.1 Å². The smallest absolute Gasteiger partial charge is 0.330 e. The quantitative estimate of drug-likeness (QED) is 0.541. The van der Waals surface area contributed by atoms with Gasteiger partial charge in [0.05, 0.1) is 11.4 Å². The largest absolute Gasteiger partial charge is 0.435 e. The standard InChI is InChI=1S/C22H26ClF3N4/c1-12-6-13(2)19(14(3)7-12)30-18(23)11-29-17(9-16(10-27)8-15-4-5-15)20(22(24,25)26)28-21(29)30/h6-7,11,15-16H,4-5,8-10,27H2,1-3H3. The van der Waals surface area contributed by atoms with Gasteiger partial charge in [-0.2, -0.15) is 13.2 Å². The molecular formula is C22H26ClF3N4. The second-order valence-electron chi connectivity index (χ2n) is 8.59. The molecule has 2 N–H and O–H groups in total. The summed E-state index contributed by atoms with van der Waals surface area (Å²) < 4.78 is 44.8. The Morgan fingerprint density at radius 3 is 2.37 bits per heavy atom. The van der Waals surface area contributed by atoms with E-state index in [1.54, 1.807) is 4.57 Å². The summed E-state index contributed by atoms with van der Waals surface area (Å²) in [5.74, 6) is 0.755. The molecule has 1 fully saturated rings. The molecule has 2 aromatic heterocycles. The molecule has 1 unspecified atom stereocenters. The van der Waals surface area contributed by atoms with E-state index < -0.39 is 11.9 Å². The van der Waals surface area contributed by atoms with Gasteiger partial charge in [0.1, 0.15) is 5.15 Å². The molecule has 0 bridgehead atoms. The fourth-order valence-electron chi connectivity index (χ4n) is 4.52. The monoisotopic (exact) mass is 438 g/mol. The lowest BCUT2D eigenvalue weighted by atomic mass is 9.96. The number of hydrogen-bond acceptors (Lipinski definition) is 2. The van der Waals surface area contributed by atoms with Crippen molar-refractivity contribution in [1.29, 1.82) is 0 Å². The van der Waals surface area contributed by atoms with Crippen molar-refractivity contribution in [2.75, 3.05) is 6.54 Å². The van der Waals surface area contributed by atoms with Crippen LogP contribution in [0.5, 0.6) is 0 Å². The van der Waals surface area contributed by atoms with Crippen molar-refractivity contribution in [3.8, 4) is 5.69 Å². The number of imidazole rings is 2. The third kappa shape index (κ3) is 3.85. The van der Waals surface area contributed by atoms with E-state index in [4.69, 9.17) is 17.3 Å². The van der Waals surface area contributed by atoms with Crippen LogP contribution < -0.4 is 5.73 Å². The van der Waals surface area contributed by atoms with E-state index in [2.05, 4.69) is 4.98 Å². The number of rotatable bonds is 6. The summed E-state index contributed by atoms with van der Waals surface area (Å²) in [6.07, 6.45) is 0.352. The average molecular weight is 439 g/mol. The van der Waals surface area contributed by atoms with Crippen molar-refractivity contribution in [3.63, 3.8) is 0 Å². The molecule has 0 aliphatic heterocycles. The normalized spacial score (nSPS) is 15.9. The van der Waals surface area contributed by atoms with Gasteiger partial charge in [0.2, 0.25) is 5.78 Å². The Hall–Kier alpha value is -1.99. The minimum atomic E-state index is -4.55. The fourth-order valence-corrected chi connectivity index (χ4v) is 4.78. The Morgan fingerprint density at radius 2 is 1.83 bits per heavy atom. The summed E-state index contributed by atoms with van der Waals surface area (Å²) in [5, 5.41) is 0.328. The maximum atomic E-state index is 13.9. The first-order valence-corrected chi connectivity index (χ1v) is 10.6. The summed E-state index contributed by atoms with van der Waals surface area (Å²) in [7, 11) is 0. The highest BCUT2D eigenvalue weighted by atomic mass is 35.5. The molecule has 0 amide bonds. The number of nitrogens with two attached hydrogens (primary N) is 1. The number of benzene rings is 1. The molecule has 1 atom stereocenters. The zero-order chi connectivity index (χ0) is 21.8. The molecule has 1 aromatic carbocycles. The molecule has 0 radical (unpaired) electrons. The molecule has 2 heterocycles. The van der Waals surface area contributed by atoms with Gasteiger partial charge >= 0.3 is 6.18 Å². The molecule has 4 rings (SSSR count). The molecule has 1 aliphatic carbocycles. The van der Waals surface area contributed by atoms with Gasteiger partial charge in [0.15, 0.2) is 5.69 Å². The summed E-state index contributed by atoms with van der Waals surface area (Å²) in [6.45, 7) is 6.19. The van der Waals surface area contributed by atoms with E-state index in [9.17, 15) is 13.2 Å². The van der Waals surface area contributed by atoms with Gasteiger partial charge in [-0.25, -0.2) is 4.98 Å². The van der Waals surface area contributed by atoms with Crippen LogP contribution in [0.15, 0.2) is 18.3 Å². The Bertz CT molecular complexity index is 1070. The number of alkyl halides is 3. The molecule has 162 valence electrons. The highest BCUT2D eigenvalue weighted by Gasteiger charge is 2.40. The van der Waals surface area contributed by atoms with Crippen molar-refractivity contribution < 1.29 is 13.2 Å². The van der Waals surface area contributed by atoms with Crippen LogP contribution in [0, 0.1) is 32.6 Å². The first-order chi connectivity index (χ1) is 14.1. The minimum Gasteiger partial charge on any atom is -0.330 e. The van der Waals surface area contributed by atoms with Crippen molar-refractivity contribution >= 4 is 17.4 Å². The van der Waals surface area contributed by atoms with Gasteiger partial charge in [0.25, 0.3) is 0 Å². The average Bonchev–Trinajstić information content (AvgIpc) is 3.30. The van der Waals surface area contributed by atoms with E-state index in [-0.39, 0.29) is 23.8 Å². The third-order valence-electron chi connectivity index (χ3n) is 5.95. The van der Waals surface area contributed by atoms with E-state index >= 15 is 0 Å². The van der Waals surface area contributed by atoms with E-state index in [0.29, 0.717) is 17.6 Å². The lowest BCUT2D eigenvalue weighted by Crippen LogP contribution is -2.20. The van der Waals surface area contributed by atoms with E-state index in [1.807, 2.05) is 32.9 Å². The number of halogens is 4. The second-order valence-corrected chi connectivity index (χ2v) is 8.98. The minimum absolute atomic E-state index is 0.0107. The van der Waals surface area contributed by atoms with Crippen molar-refractivity contribution in [3.05, 3.63) is 51.6 Å². The number of nitrogens with zero attached hydrogens (tertiary/aromatic N) is 3. The van der Waals surface area contributed by atoms with Gasteiger partial charge in [-0.15, -0.1) is 0 Å². The zero-order valence-corrected chi connectivity index (χ0v) is 18.1. The van der Waals surface area contributed by atoms with Crippen LogP contribution in [-0.4, -0.2) is 20.5 Å². The SMILES string of the molecule is Cc1cc(C)c(-n2c(Cl)cn3c(CC(CN)CC4CC4)c(C(F)(F)F)nc23)c(C)c1. The second kappa shape index (κ2) is 7.61. The molecule has 0 saturated heterocycles. The van der Waals surface area contributed by atoms with Crippen molar-refractivity contribution in [2.45, 2.75) is 52.6 Å². The van der Waals surface area contributed by atoms with Gasteiger partial charge in [-0.1, -0.05) is 42.1 Å². The number of aryl methyl sites for hydroxylation is 3. The lowest BCUT2D eigenvalue weighted by Gasteiger charge is -2.15. The van der Waals surface area contributed by atoms with Gasteiger partial charge in [0, 0.05) is 6.20 Å². The number of fused-ring (bicyclic) bond motifs is 1. The third-order valence-corrected chi connectivity index (χ3v) is 6.21.